The monoisotopic (exact) mass is 223 g/mol. The zero-order valence-corrected chi connectivity index (χ0v) is 9.44. The first kappa shape index (κ1) is 11.6. The first-order valence-electron chi connectivity index (χ1n) is 4.44. The summed E-state index contributed by atoms with van der Waals surface area (Å²) < 4.78 is 0. The van der Waals surface area contributed by atoms with Gasteiger partial charge in [-0.3, -0.25) is 4.79 Å². The third-order valence-electron chi connectivity index (χ3n) is 2.19. The van der Waals surface area contributed by atoms with E-state index in [0.717, 1.165) is 16.8 Å². The molecular weight excluding hydrogens is 210 g/mol. The summed E-state index contributed by atoms with van der Waals surface area (Å²) in [5.41, 5.74) is 5.02. The number of rotatable bonds is 1. The molecule has 4 N–H and O–H groups in total. The van der Waals surface area contributed by atoms with Crippen molar-refractivity contribution < 1.29 is 4.79 Å². The maximum absolute atomic E-state index is 11.4. The van der Waals surface area contributed by atoms with Crippen molar-refractivity contribution in [2.45, 2.75) is 13.8 Å². The molecule has 0 atom stereocenters. The highest BCUT2D eigenvalue weighted by molar-refractivity contribution is 7.82. The van der Waals surface area contributed by atoms with E-state index < -0.39 is 5.91 Å². The Morgan fingerprint density at radius 1 is 1.40 bits per heavy atom. The van der Waals surface area contributed by atoms with Crippen molar-refractivity contribution in [2.75, 3.05) is 5.32 Å². The normalized spacial score (nSPS) is 9.53. The van der Waals surface area contributed by atoms with Crippen LogP contribution in [0.5, 0.6) is 0 Å². The van der Waals surface area contributed by atoms with Crippen LogP contribution in [0.3, 0.4) is 0 Å². The lowest BCUT2D eigenvalue weighted by Gasteiger charge is -2.10. The summed E-state index contributed by atoms with van der Waals surface area (Å²) in [6, 6.07) is 5.67. The highest BCUT2D eigenvalue weighted by atomic mass is 32.1. The number of thiocarbonyl (C=S) groups is 1. The highest BCUT2D eigenvalue weighted by Gasteiger charge is 2.09. The Kier molecular flexibility index (Phi) is 3.76. The van der Waals surface area contributed by atoms with Crippen LogP contribution in [0.2, 0.25) is 0 Å². The number of hydrogen-bond acceptors (Lipinski definition) is 3. The first-order valence-corrected chi connectivity index (χ1v) is 4.85. The largest absolute Gasteiger partial charge is 0.320 e. The molecule has 1 amide bonds. The molecule has 0 bridgehead atoms. The molecule has 15 heavy (non-hydrogen) atoms. The van der Waals surface area contributed by atoms with E-state index in [-0.39, 0.29) is 4.99 Å². The molecule has 1 rings (SSSR count). The topological polar surface area (TPSA) is 67.2 Å². The summed E-state index contributed by atoms with van der Waals surface area (Å²) in [6.45, 7) is 3.91. The Hall–Kier alpha value is -1.46. The molecule has 4 nitrogen and oxygen atoms in total. The van der Waals surface area contributed by atoms with Gasteiger partial charge in [0.2, 0.25) is 0 Å². The fourth-order valence-corrected chi connectivity index (χ4v) is 1.18. The van der Waals surface area contributed by atoms with Gasteiger partial charge in [0.25, 0.3) is 5.91 Å². The van der Waals surface area contributed by atoms with Crippen LogP contribution < -0.4 is 16.6 Å². The summed E-state index contributed by atoms with van der Waals surface area (Å²) in [6.07, 6.45) is 0. The molecule has 0 unspecified atom stereocenters. The van der Waals surface area contributed by atoms with Crippen LogP contribution in [-0.4, -0.2) is 10.9 Å². The molecule has 0 aliphatic rings. The first-order chi connectivity index (χ1) is 7.06. The second-order valence-electron chi connectivity index (χ2n) is 3.18. The smallest absolute Gasteiger partial charge is 0.284 e. The fourth-order valence-electron chi connectivity index (χ4n) is 1.13. The number of aryl methyl sites for hydroxylation is 1. The lowest BCUT2D eigenvalue weighted by atomic mass is 10.1. The Morgan fingerprint density at radius 2 is 2.07 bits per heavy atom. The van der Waals surface area contributed by atoms with Crippen LogP contribution in [0.1, 0.15) is 11.1 Å². The van der Waals surface area contributed by atoms with E-state index in [2.05, 4.69) is 10.7 Å². The Balaban J connectivity index is 2.86. The predicted octanol–water partition coefficient (Wildman–Crippen LogP) is 1.03. The Bertz CT molecular complexity index is 404. The average Bonchev–Trinajstić information content (AvgIpc) is 2.23. The van der Waals surface area contributed by atoms with Crippen LogP contribution in [-0.2, 0) is 4.79 Å². The van der Waals surface area contributed by atoms with Crippen molar-refractivity contribution >= 4 is 28.8 Å². The number of carbonyl (C=O) groups excluding carboxylic acids is 1. The molecule has 0 spiro atoms. The zero-order chi connectivity index (χ0) is 11.4. The van der Waals surface area contributed by atoms with Gasteiger partial charge in [-0.05, 0) is 31.0 Å². The van der Waals surface area contributed by atoms with Crippen LogP contribution in [0.25, 0.3) is 0 Å². The standard InChI is InChI=1S/C10H13N3OS/c1-6-4-3-5-8(7(6)2)12-9(14)10(15)13-11/h3-5H,11H2,1-2H3,(H,12,14)(H,13,15). The lowest BCUT2D eigenvalue weighted by molar-refractivity contribution is -0.110. The molecule has 0 fully saturated rings. The maximum Gasteiger partial charge on any atom is 0.284 e. The number of hydrazine groups is 1. The number of hydrogen-bond donors (Lipinski definition) is 3. The van der Waals surface area contributed by atoms with Crippen molar-refractivity contribution in [1.29, 1.82) is 0 Å². The molecule has 80 valence electrons. The van der Waals surface area contributed by atoms with Crippen LogP contribution in [0, 0.1) is 13.8 Å². The summed E-state index contributed by atoms with van der Waals surface area (Å²) in [5.74, 6) is 4.64. The molecular formula is C10H13N3OS. The summed E-state index contributed by atoms with van der Waals surface area (Å²) >= 11 is 4.71. The van der Waals surface area contributed by atoms with Gasteiger partial charge >= 0.3 is 0 Å². The SMILES string of the molecule is Cc1cccc(NC(=O)C(=S)NN)c1C. The van der Waals surface area contributed by atoms with E-state index in [0.29, 0.717) is 0 Å². The number of anilines is 1. The van der Waals surface area contributed by atoms with Crippen LogP contribution >= 0.6 is 12.2 Å². The van der Waals surface area contributed by atoms with Crippen molar-refractivity contribution in [3.05, 3.63) is 29.3 Å². The zero-order valence-electron chi connectivity index (χ0n) is 8.63. The molecule has 1 aromatic carbocycles. The Morgan fingerprint density at radius 3 is 2.67 bits per heavy atom. The van der Waals surface area contributed by atoms with Gasteiger partial charge in [-0.25, -0.2) is 5.84 Å². The molecule has 0 aromatic heterocycles. The number of nitrogens with two attached hydrogens (primary N) is 1. The van der Waals surface area contributed by atoms with Crippen LogP contribution in [0.15, 0.2) is 18.2 Å². The molecule has 0 radical (unpaired) electrons. The van der Waals surface area contributed by atoms with E-state index in [4.69, 9.17) is 18.1 Å². The molecule has 0 aliphatic carbocycles. The van der Waals surface area contributed by atoms with Gasteiger partial charge in [-0.15, -0.1) is 0 Å². The quantitative estimate of drug-likeness (QED) is 0.378. The number of nitrogens with one attached hydrogen (secondary N) is 2. The molecule has 5 heteroatoms. The van der Waals surface area contributed by atoms with Crippen molar-refractivity contribution in [1.82, 2.24) is 5.43 Å². The minimum Gasteiger partial charge on any atom is -0.320 e. The summed E-state index contributed by atoms with van der Waals surface area (Å²) in [7, 11) is 0. The van der Waals surface area contributed by atoms with E-state index in [1.807, 2.05) is 32.0 Å². The number of amides is 1. The second-order valence-corrected chi connectivity index (χ2v) is 3.58. The summed E-state index contributed by atoms with van der Waals surface area (Å²) in [4.78, 5) is 11.4. The third-order valence-corrected chi connectivity index (χ3v) is 2.49. The molecule has 1 aromatic rings. The van der Waals surface area contributed by atoms with E-state index >= 15 is 0 Å². The van der Waals surface area contributed by atoms with Gasteiger partial charge in [0, 0.05) is 5.69 Å². The van der Waals surface area contributed by atoms with Gasteiger partial charge in [-0.1, -0.05) is 24.4 Å². The maximum atomic E-state index is 11.4. The van der Waals surface area contributed by atoms with E-state index in [1.165, 1.54) is 0 Å². The average molecular weight is 223 g/mol. The minimum atomic E-state index is -0.402. The Labute approximate surface area is 93.8 Å². The van der Waals surface area contributed by atoms with E-state index in [9.17, 15) is 4.79 Å². The minimum absolute atomic E-state index is 0.0316. The van der Waals surface area contributed by atoms with E-state index in [1.54, 1.807) is 0 Å². The predicted molar refractivity (Wildman–Crippen MR) is 64.5 cm³/mol. The summed E-state index contributed by atoms with van der Waals surface area (Å²) in [5, 5.41) is 2.68. The molecule has 0 heterocycles. The van der Waals surface area contributed by atoms with Crippen molar-refractivity contribution in [3.63, 3.8) is 0 Å². The van der Waals surface area contributed by atoms with Gasteiger partial charge < -0.3 is 10.7 Å². The van der Waals surface area contributed by atoms with Crippen molar-refractivity contribution in [2.24, 2.45) is 5.84 Å². The molecule has 0 saturated heterocycles. The third kappa shape index (κ3) is 2.74. The molecule has 0 aliphatic heterocycles. The number of benzene rings is 1. The van der Waals surface area contributed by atoms with Gasteiger partial charge in [0.15, 0.2) is 4.99 Å². The van der Waals surface area contributed by atoms with Crippen molar-refractivity contribution in [3.8, 4) is 0 Å². The number of carbonyl (C=O) groups is 1. The molecule has 0 saturated carbocycles. The second kappa shape index (κ2) is 4.86. The fraction of sp³-hybridized carbons (Fsp3) is 0.200. The highest BCUT2D eigenvalue weighted by Crippen LogP contribution is 2.17. The lowest BCUT2D eigenvalue weighted by Crippen LogP contribution is -2.38. The van der Waals surface area contributed by atoms with Gasteiger partial charge in [-0.2, -0.15) is 0 Å². The van der Waals surface area contributed by atoms with Crippen LogP contribution in [0.4, 0.5) is 5.69 Å². The van der Waals surface area contributed by atoms with Gasteiger partial charge in [0.1, 0.15) is 0 Å². The van der Waals surface area contributed by atoms with Gasteiger partial charge in [0.05, 0.1) is 0 Å².